The lowest BCUT2D eigenvalue weighted by molar-refractivity contribution is -0.128. The van der Waals surface area contributed by atoms with Crippen molar-refractivity contribution < 1.29 is 28.1 Å². The van der Waals surface area contributed by atoms with Gasteiger partial charge < -0.3 is 28.1 Å². The molecule has 3 heterocycles. The van der Waals surface area contributed by atoms with Crippen LogP contribution in [0.4, 0.5) is 0 Å². The second kappa shape index (κ2) is 7.06. The molecule has 3 fully saturated rings. The van der Waals surface area contributed by atoms with Crippen molar-refractivity contribution in [1.82, 2.24) is 0 Å². The van der Waals surface area contributed by atoms with Gasteiger partial charge in [0.15, 0.2) is 0 Å². The van der Waals surface area contributed by atoms with E-state index in [1.807, 2.05) is 44.2 Å². The van der Waals surface area contributed by atoms with Gasteiger partial charge in [-0.1, -0.05) is 32.0 Å². The van der Waals surface area contributed by atoms with Crippen molar-refractivity contribution in [1.29, 1.82) is 0 Å². The number of rotatable bonds is 5. The number of ether oxygens (including phenoxy) is 2. The molecule has 5 atom stereocenters. The van der Waals surface area contributed by atoms with Gasteiger partial charge in [-0.3, -0.25) is 0 Å². The van der Waals surface area contributed by atoms with Gasteiger partial charge >= 0.3 is 14.2 Å². The van der Waals surface area contributed by atoms with Gasteiger partial charge in [-0.05, 0) is 24.8 Å². The zero-order valence-corrected chi connectivity index (χ0v) is 14.0. The number of hydrogen-bond donors (Lipinski definition) is 0. The Morgan fingerprint density at radius 2 is 1.71 bits per heavy atom. The molecule has 0 N–H and O–H groups in total. The maximum atomic E-state index is 6.12. The molecule has 3 aliphatic rings. The molecule has 0 spiro atoms. The SMILES string of the molecule is CCB1OCC(C2OC(Oc3ccccc3)C3OB(CC)OC23)O1. The van der Waals surface area contributed by atoms with Crippen molar-refractivity contribution in [3.05, 3.63) is 30.3 Å². The first kappa shape index (κ1) is 16.4. The number of para-hydroxylation sites is 1. The van der Waals surface area contributed by atoms with Crippen LogP contribution in [-0.2, 0) is 23.4 Å². The van der Waals surface area contributed by atoms with Gasteiger partial charge in [-0.25, -0.2) is 0 Å². The Morgan fingerprint density at radius 1 is 0.958 bits per heavy atom. The molecule has 1 aromatic carbocycles. The van der Waals surface area contributed by atoms with E-state index in [1.54, 1.807) is 0 Å². The van der Waals surface area contributed by atoms with Gasteiger partial charge in [0.2, 0.25) is 6.29 Å². The first-order valence-electron chi connectivity index (χ1n) is 8.73. The van der Waals surface area contributed by atoms with Gasteiger partial charge in [0.1, 0.15) is 24.1 Å². The zero-order valence-electron chi connectivity index (χ0n) is 14.0. The quantitative estimate of drug-likeness (QED) is 0.769. The molecule has 8 heteroatoms. The molecule has 1 aromatic rings. The number of fused-ring (bicyclic) bond motifs is 1. The molecular weight excluding hydrogens is 310 g/mol. The smallest absolute Gasteiger partial charge is 0.457 e. The van der Waals surface area contributed by atoms with Gasteiger partial charge in [0.05, 0.1) is 12.7 Å². The van der Waals surface area contributed by atoms with Crippen LogP contribution in [0.2, 0.25) is 12.6 Å². The zero-order chi connectivity index (χ0) is 16.5. The molecule has 0 aliphatic carbocycles. The van der Waals surface area contributed by atoms with Crippen LogP contribution in [-0.4, -0.2) is 51.5 Å². The summed E-state index contributed by atoms with van der Waals surface area (Å²) < 4.78 is 35.7. The molecule has 4 rings (SSSR count). The molecular formula is C16H22B2O6. The van der Waals surface area contributed by atoms with E-state index >= 15 is 0 Å². The molecule has 0 bridgehead atoms. The maximum absolute atomic E-state index is 6.12. The minimum Gasteiger partial charge on any atom is -0.462 e. The van der Waals surface area contributed by atoms with E-state index in [-0.39, 0.29) is 38.7 Å². The van der Waals surface area contributed by atoms with Crippen LogP contribution < -0.4 is 4.74 Å². The van der Waals surface area contributed by atoms with Crippen molar-refractivity contribution >= 4 is 14.2 Å². The lowest BCUT2D eigenvalue weighted by atomic mass is 9.86. The van der Waals surface area contributed by atoms with E-state index in [1.165, 1.54) is 0 Å². The van der Waals surface area contributed by atoms with Crippen LogP contribution in [0.15, 0.2) is 30.3 Å². The van der Waals surface area contributed by atoms with Gasteiger partial charge in [-0.15, -0.1) is 0 Å². The average molecular weight is 332 g/mol. The summed E-state index contributed by atoms with van der Waals surface area (Å²) in [5.74, 6) is 0.750. The van der Waals surface area contributed by atoms with E-state index in [0.717, 1.165) is 18.4 Å². The second-order valence-corrected chi connectivity index (χ2v) is 6.28. The van der Waals surface area contributed by atoms with Crippen LogP contribution in [0.3, 0.4) is 0 Å². The number of hydrogen-bond acceptors (Lipinski definition) is 6. The van der Waals surface area contributed by atoms with Crippen LogP contribution in [0, 0.1) is 0 Å². The number of benzene rings is 1. The third-order valence-electron chi connectivity index (χ3n) is 4.63. The van der Waals surface area contributed by atoms with Gasteiger partial charge in [0.25, 0.3) is 0 Å². The molecule has 24 heavy (non-hydrogen) atoms. The lowest BCUT2D eigenvalue weighted by Crippen LogP contribution is -2.39. The first-order chi connectivity index (χ1) is 11.8. The summed E-state index contributed by atoms with van der Waals surface area (Å²) in [4.78, 5) is 0. The first-order valence-corrected chi connectivity index (χ1v) is 8.73. The maximum Gasteiger partial charge on any atom is 0.457 e. The highest BCUT2D eigenvalue weighted by Crippen LogP contribution is 2.37. The summed E-state index contributed by atoms with van der Waals surface area (Å²) in [7, 11) is -0.395. The van der Waals surface area contributed by atoms with E-state index in [4.69, 9.17) is 28.1 Å². The van der Waals surface area contributed by atoms with Crippen molar-refractivity contribution in [3.63, 3.8) is 0 Å². The Kier molecular flexibility index (Phi) is 4.83. The molecule has 128 valence electrons. The highest BCUT2D eigenvalue weighted by molar-refractivity contribution is 6.45. The normalized spacial score (nSPS) is 35.5. The average Bonchev–Trinajstić information content (AvgIpc) is 3.31. The van der Waals surface area contributed by atoms with Crippen LogP contribution in [0.5, 0.6) is 5.75 Å². The molecule has 0 amide bonds. The summed E-state index contributed by atoms with van der Waals surface area (Å²) >= 11 is 0. The minimum absolute atomic E-state index is 0.161. The van der Waals surface area contributed by atoms with E-state index in [9.17, 15) is 0 Å². The van der Waals surface area contributed by atoms with Crippen molar-refractivity contribution in [2.75, 3.05) is 6.61 Å². The van der Waals surface area contributed by atoms with Crippen molar-refractivity contribution in [3.8, 4) is 5.75 Å². The Hall–Kier alpha value is -1.05. The highest BCUT2D eigenvalue weighted by Gasteiger charge is 2.58. The largest absolute Gasteiger partial charge is 0.462 e. The Morgan fingerprint density at radius 3 is 2.42 bits per heavy atom. The third-order valence-corrected chi connectivity index (χ3v) is 4.63. The topological polar surface area (TPSA) is 55.4 Å². The van der Waals surface area contributed by atoms with Crippen molar-refractivity contribution in [2.24, 2.45) is 0 Å². The molecule has 3 aliphatic heterocycles. The lowest BCUT2D eigenvalue weighted by Gasteiger charge is -2.23. The predicted octanol–water partition coefficient (Wildman–Crippen LogP) is 2.01. The summed E-state index contributed by atoms with van der Waals surface area (Å²) in [5, 5.41) is 0. The fourth-order valence-corrected chi connectivity index (χ4v) is 3.41. The summed E-state index contributed by atoms with van der Waals surface area (Å²) in [6.07, 6.45) is 0.219. The highest BCUT2D eigenvalue weighted by atomic mass is 16.8. The van der Waals surface area contributed by atoms with Crippen molar-refractivity contribution in [2.45, 2.75) is 57.2 Å². The van der Waals surface area contributed by atoms with Crippen LogP contribution in [0.1, 0.15) is 13.8 Å². The predicted molar refractivity (Wildman–Crippen MR) is 88.8 cm³/mol. The van der Waals surface area contributed by atoms with Crippen LogP contribution >= 0.6 is 0 Å². The molecule has 6 nitrogen and oxygen atoms in total. The summed E-state index contributed by atoms with van der Waals surface area (Å²) in [6.45, 7) is 4.58. The summed E-state index contributed by atoms with van der Waals surface area (Å²) in [5.41, 5.74) is 0. The Balaban J connectivity index is 1.49. The molecule has 0 radical (unpaired) electrons. The standard InChI is InChI=1S/C16H22B2O6/c1-3-17-19-10-12(22-17)13-14-15(24-18(4-2)23-14)16(21-13)20-11-8-6-5-7-9-11/h5-9,12-16H,3-4,10H2,1-2H3. The fourth-order valence-electron chi connectivity index (χ4n) is 3.41. The molecule has 3 saturated heterocycles. The fraction of sp³-hybridized carbons (Fsp3) is 0.625. The van der Waals surface area contributed by atoms with E-state index < -0.39 is 6.29 Å². The van der Waals surface area contributed by atoms with Gasteiger partial charge in [-0.2, -0.15) is 0 Å². The minimum atomic E-state index is -0.511. The van der Waals surface area contributed by atoms with Gasteiger partial charge in [0, 0.05) is 0 Å². The Labute approximate surface area is 143 Å². The second-order valence-electron chi connectivity index (χ2n) is 6.28. The molecule has 0 aromatic heterocycles. The Bertz CT molecular complexity index is 547. The third kappa shape index (κ3) is 3.09. The summed E-state index contributed by atoms with van der Waals surface area (Å²) in [6, 6.07) is 9.62. The van der Waals surface area contributed by atoms with E-state index in [0.29, 0.717) is 6.61 Å². The monoisotopic (exact) mass is 332 g/mol. The van der Waals surface area contributed by atoms with E-state index in [2.05, 4.69) is 0 Å². The molecule has 0 saturated carbocycles. The molecule has 5 unspecified atom stereocenters. The van der Waals surface area contributed by atoms with Crippen LogP contribution in [0.25, 0.3) is 0 Å².